The summed E-state index contributed by atoms with van der Waals surface area (Å²) in [7, 11) is 0. The van der Waals surface area contributed by atoms with Crippen LogP contribution in [0.15, 0.2) is 18.6 Å². The Morgan fingerprint density at radius 3 is 3.13 bits per heavy atom. The number of hydrogen-bond acceptors (Lipinski definition) is 3. The molecule has 1 amide bonds. The van der Waals surface area contributed by atoms with Crippen LogP contribution in [0.2, 0.25) is 0 Å². The molecule has 4 heteroatoms. The van der Waals surface area contributed by atoms with E-state index >= 15 is 0 Å². The third-order valence-electron chi connectivity index (χ3n) is 2.80. The summed E-state index contributed by atoms with van der Waals surface area (Å²) >= 11 is 0. The first-order valence-corrected chi connectivity index (χ1v) is 5.38. The van der Waals surface area contributed by atoms with E-state index < -0.39 is 0 Å². The Kier molecular flexibility index (Phi) is 2.94. The lowest BCUT2D eigenvalue weighted by Gasteiger charge is -2.23. The minimum absolute atomic E-state index is 0.145. The molecule has 0 aromatic carbocycles. The second-order valence-corrected chi connectivity index (χ2v) is 3.73. The Balaban J connectivity index is 2.18. The lowest BCUT2D eigenvalue weighted by atomic mass is 10.1. The molecule has 1 unspecified atom stereocenters. The van der Waals surface area contributed by atoms with E-state index in [0.29, 0.717) is 6.42 Å². The maximum atomic E-state index is 11.7. The van der Waals surface area contributed by atoms with Crippen molar-refractivity contribution in [3.63, 3.8) is 0 Å². The van der Waals surface area contributed by atoms with Crippen molar-refractivity contribution in [1.82, 2.24) is 14.9 Å². The molecule has 1 atom stereocenters. The lowest BCUT2D eigenvalue weighted by molar-refractivity contribution is -0.131. The standard InChI is InChI=1S/C11H15N3O/c1-2-11(15)14-7-3-4-10(14)9-8-12-5-6-13-9/h5-6,8,10H,2-4,7H2,1H3. The number of likely N-dealkylation sites (tertiary alicyclic amines) is 1. The zero-order valence-electron chi connectivity index (χ0n) is 8.89. The Labute approximate surface area is 89.3 Å². The number of rotatable bonds is 2. The molecule has 1 aromatic rings. The normalized spacial score (nSPS) is 20.6. The SMILES string of the molecule is CCC(=O)N1CCCC1c1cnccn1. The molecule has 0 spiro atoms. The second kappa shape index (κ2) is 4.38. The second-order valence-electron chi connectivity index (χ2n) is 3.73. The van der Waals surface area contributed by atoms with Crippen LogP contribution < -0.4 is 0 Å². The Hall–Kier alpha value is -1.45. The zero-order chi connectivity index (χ0) is 10.7. The van der Waals surface area contributed by atoms with Gasteiger partial charge in [0.15, 0.2) is 0 Å². The van der Waals surface area contributed by atoms with Crippen LogP contribution in [-0.4, -0.2) is 27.3 Å². The molecule has 1 aromatic heterocycles. The molecule has 4 nitrogen and oxygen atoms in total. The van der Waals surface area contributed by atoms with E-state index in [9.17, 15) is 4.79 Å². The Morgan fingerprint density at radius 1 is 1.60 bits per heavy atom. The summed E-state index contributed by atoms with van der Waals surface area (Å²) in [6.07, 6.45) is 7.73. The van der Waals surface area contributed by atoms with Gasteiger partial charge in [0, 0.05) is 25.4 Å². The summed E-state index contributed by atoms with van der Waals surface area (Å²) in [5.74, 6) is 0.211. The molecule has 1 aliphatic rings. The largest absolute Gasteiger partial charge is 0.334 e. The highest BCUT2D eigenvalue weighted by molar-refractivity contribution is 5.76. The quantitative estimate of drug-likeness (QED) is 0.736. The van der Waals surface area contributed by atoms with Crippen molar-refractivity contribution in [2.24, 2.45) is 0 Å². The topological polar surface area (TPSA) is 46.1 Å². The maximum absolute atomic E-state index is 11.7. The van der Waals surface area contributed by atoms with Crippen LogP contribution in [-0.2, 0) is 4.79 Å². The van der Waals surface area contributed by atoms with E-state index in [4.69, 9.17) is 0 Å². The van der Waals surface area contributed by atoms with Crippen molar-refractivity contribution < 1.29 is 4.79 Å². The first-order chi connectivity index (χ1) is 7.33. The third-order valence-corrected chi connectivity index (χ3v) is 2.80. The molecule has 0 radical (unpaired) electrons. The fourth-order valence-corrected chi connectivity index (χ4v) is 2.06. The van der Waals surface area contributed by atoms with Gasteiger partial charge in [-0.3, -0.25) is 14.8 Å². The summed E-state index contributed by atoms with van der Waals surface area (Å²) in [5, 5.41) is 0. The van der Waals surface area contributed by atoms with Crippen LogP contribution in [0.4, 0.5) is 0 Å². The van der Waals surface area contributed by atoms with E-state index in [0.717, 1.165) is 25.1 Å². The number of aromatic nitrogens is 2. The van der Waals surface area contributed by atoms with Crippen molar-refractivity contribution in [2.45, 2.75) is 32.2 Å². The number of amides is 1. The van der Waals surface area contributed by atoms with Crippen molar-refractivity contribution >= 4 is 5.91 Å². The minimum atomic E-state index is 0.145. The minimum Gasteiger partial charge on any atom is -0.334 e. The number of carbonyl (C=O) groups is 1. The average molecular weight is 205 g/mol. The van der Waals surface area contributed by atoms with Crippen molar-refractivity contribution in [3.05, 3.63) is 24.3 Å². The molecule has 1 aliphatic heterocycles. The zero-order valence-corrected chi connectivity index (χ0v) is 8.89. The van der Waals surface area contributed by atoms with Crippen LogP contribution >= 0.6 is 0 Å². The van der Waals surface area contributed by atoms with Crippen LogP contribution in [0, 0.1) is 0 Å². The highest BCUT2D eigenvalue weighted by Crippen LogP contribution is 2.30. The van der Waals surface area contributed by atoms with Crippen LogP contribution in [0.3, 0.4) is 0 Å². The summed E-state index contributed by atoms with van der Waals surface area (Å²) in [5.41, 5.74) is 0.914. The van der Waals surface area contributed by atoms with Gasteiger partial charge >= 0.3 is 0 Å². The number of hydrogen-bond donors (Lipinski definition) is 0. The van der Waals surface area contributed by atoms with Gasteiger partial charge in [-0.2, -0.15) is 0 Å². The third kappa shape index (κ3) is 1.98. The Bertz CT molecular complexity index is 339. The fourth-order valence-electron chi connectivity index (χ4n) is 2.06. The van der Waals surface area contributed by atoms with Gasteiger partial charge in [-0.15, -0.1) is 0 Å². The fraction of sp³-hybridized carbons (Fsp3) is 0.545. The lowest BCUT2D eigenvalue weighted by Crippen LogP contribution is -2.30. The van der Waals surface area contributed by atoms with Gasteiger partial charge in [-0.05, 0) is 12.8 Å². The van der Waals surface area contributed by atoms with E-state index in [1.165, 1.54) is 0 Å². The molecular formula is C11H15N3O. The van der Waals surface area contributed by atoms with Crippen molar-refractivity contribution in [3.8, 4) is 0 Å². The molecular weight excluding hydrogens is 190 g/mol. The monoisotopic (exact) mass is 205 g/mol. The van der Waals surface area contributed by atoms with E-state index in [-0.39, 0.29) is 11.9 Å². The maximum Gasteiger partial charge on any atom is 0.222 e. The van der Waals surface area contributed by atoms with E-state index in [1.54, 1.807) is 18.6 Å². The molecule has 2 heterocycles. The summed E-state index contributed by atoms with van der Waals surface area (Å²) in [6, 6.07) is 0.145. The molecule has 0 N–H and O–H groups in total. The Morgan fingerprint density at radius 2 is 2.47 bits per heavy atom. The van der Waals surface area contributed by atoms with Gasteiger partial charge in [0.2, 0.25) is 5.91 Å². The summed E-state index contributed by atoms with van der Waals surface area (Å²) in [4.78, 5) is 21.9. The van der Waals surface area contributed by atoms with Crippen molar-refractivity contribution in [2.75, 3.05) is 6.54 Å². The van der Waals surface area contributed by atoms with E-state index in [2.05, 4.69) is 9.97 Å². The molecule has 0 bridgehead atoms. The summed E-state index contributed by atoms with van der Waals surface area (Å²) < 4.78 is 0. The predicted molar refractivity (Wildman–Crippen MR) is 56.0 cm³/mol. The smallest absolute Gasteiger partial charge is 0.222 e. The van der Waals surface area contributed by atoms with Crippen LogP contribution in [0.5, 0.6) is 0 Å². The highest BCUT2D eigenvalue weighted by Gasteiger charge is 2.29. The van der Waals surface area contributed by atoms with Gasteiger partial charge in [0.1, 0.15) is 0 Å². The molecule has 1 saturated heterocycles. The van der Waals surface area contributed by atoms with Crippen molar-refractivity contribution in [1.29, 1.82) is 0 Å². The molecule has 0 aliphatic carbocycles. The molecule has 2 rings (SSSR count). The van der Waals surface area contributed by atoms with Gasteiger partial charge in [0.05, 0.1) is 17.9 Å². The number of nitrogens with zero attached hydrogens (tertiary/aromatic N) is 3. The first-order valence-electron chi connectivity index (χ1n) is 5.38. The predicted octanol–water partition coefficient (Wildman–Crippen LogP) is 1.55. The van der Waals surface area contributed by atoms with Gasteiger partial charge in [-0.1, -0.05) is 6.92 Å². The van der Waals surface area contributed by atoms with Gasteiger partial charge < -0.3 is 4.90 Å². The van der Waals surface area contributed by atoms with Gasteiger partial charge in [-0.25, -0.2) is 0 Å². The van der Waals surface area contributed by atoms with Crippen LogP contribution in [0.1, 0.15) is 37.9 Å². The number of carbonyl (C=O) groups excluding carboxylic acids is 1. The average Bonchev–Trinajstić information content (AvgIpc) is 2.78. The van der Waals surface area contributed by atoms with Gasteiger partial charge in [0.25, 0.3) is 0 Å². The molecule has 0 saturated carbocycles. The summed E-state index contributed by atoms with van der Waals surface area (Å²) in [6.45, 7) is 2.75. The highest BCUT2D eigenvalue weighted by atomic mass is 16.2. The molecule has 80 valence electrons. The molecule has 15 heavy (non-hydrogen) atoms. The first kappa shape index (κ1) is 10.1. The van der Waals surface area contributed by atoms with E-state index in [1.807, 2.05) is 11.8 Å². The molecule has 1 fully saturated rings. The van der Waals surface area contributed by atoms with Crippen LogP contribution in [0.25, 0.3) is 0 Å².